The Morgan fingerprint density at radius 3 is 2.56 bits per heavy atom. The molecule has 0 saturated carbocycles. The Morgan fingerprint density at radius 2 is 2.00 bits per heavy atom. The first kappa shape index (κ1) is 14.8. The summed E-state index contributed by atoms with van der Waals surface area (Å²) < 4.78 is 49.1. The molecule has 2 nitrogen and oxygen atoms in total. The van der Waals surface area contributed by atoms with Gasteiger partial charge in [0, 0.05) is 24.1 Å². The number of phenolic OH excluding ortho intramolecular Hbond substituents is 1. The van der Waals surface area contributed by atoms with Gasteiger partial charge >= 0.3 is 6.18 Å². The van der Waals surface area contributed by atoms with Gasteiger partial charge in [0.05, 0.1) is 0 Å². The molecule has 1 unspecified atom stereocenters. The van der Waals surface area contributed by atoms with Crippen LogP contribution < -0.4 is 5.32 Å². The lowest BCUT2D eigenvalue weighted by Crippen LogP contribution is -2.22. The Morgan fingerprint density at radius 1 is 1.33 bits per heavy atom. The van der Waals surface area contributed by atoms with Gasteiger partial charge in [0.15, 0.2) is 0 Å². The molecule has 1 atom stereocenters. The highest BCUT2D eigenvalue weighted by molar-refractivity contribution is 5.29. The zero-order valence-electron chi connectivity index (χ0n) is 9.89. The molecule has 0 radical (unpaired) electrons. The molecule has 1 aromatic carbocycles. The number of alkyl halides is 3. The fourth-order valence-electron chi connectivity index (χ4n) is 1.58. The third-order valence-corrected chi connectivity index (χ3v) is 2.54. The van der Waals surface area contributed by atoms with E-state index in [0.29, 0.717) is 5.56 Å². The van der Waals surface area contributed by atoms with Crippen LogP contribution >= 0.6 is 0 Å². The van der Waals surface area contributed by atoms with Gasteiger partial charge < -0.3 is 10.4 Å². The Balaban J connectivity index is 2.43. The molecule has 6 heteroatoms. The van der Waals surface area contributed by atoms with Crippen LogP contribution in [-0.4, -0.2) is 17.8 Å². The standard InChI is InChI=1S/C12H15F4NO/c1-8(17-6-2-5-12(14,15)16)10-4-3-9(18)7-11(10)13/h3-4,7-8,17-18H,2,5-6H2,1H3. The molecule has 0 amide bonds. The molecule has 0 fully saturated rings. The summed E-state index contributed by atoms with van der Waals surface area (Å²) in [6, 6.07) is 3.32. The van der Waals surface area contributed by atoms with Crippen LogP contribution in [0.15, 0.2) is 18.2 Å². The van der Waals surface area contributed by atoms with E-state index in [0.717, 1.165) is 6.07 Å². The van der Waals surface area contributed by atoms with E-state index >= 15 is 0 Å². The monoisotopic (exact) mass is 265 g/mol. The number of nitrogens with one attached hydrogen (secondary N) is 1. The van der Waals surface area contributed by atoms with Gasteiger partial charge in [0.1, 0.15) is 11.6 Å². The molecular formula is C12H15F4NO. The van der Waals surface area contributed by atoms with Gasteiger partial charge in [0.2, 0.25) is 0 Å². The molecule has 1 aromatic rings. The molecule has 0 heterocycles. The molecule has 0 aromatic heterocycles. The summed E-state index contributed by atoms with van der Waals surface area (Å²) in [4.78, 5) is 0. The van der Waals surface area contributed by atoms with E-state index in [1.807, 2.05) is 0 Å². The highest BCUT2D eigenvalue weighted by Crippen LogP contribution is 2.23. The minimum atomic E-state index is -4.16. The molecule has 2 N–H and O–H groups in total. The van der Waals surface area contributed by atoms with Gasteiger partial charge in [0.25, 0.3) is 0 Å². The van der Waals surface area contributed by atoms with E-state index in [1.54, 1.807) is 6.92 Å². The minimum Gasteiger partial charge on any atom is -0.508 e. The maximum absolute atomic E-state index is 13.4. The van der Waals surface area contributed by atoms with Crippen LogP contribution in [0.4, 0.5) is 17.6 Å². The second-order valence-electron chi connectivity index (χ2n) is 4.10. The molecule has 0 aliphatic rings. The Hall–Kier alpha value is -1.30. The van der Waals surface area contributed by atoms with Crippen LogP contribution in [0.5, 0.6) is 5.75 Å². The summed E-state index contributed by atoms with van der Waals surface area (Å²) in [5.41, 5.74) is 0.319. The zero-order valence-corrected chi connectivity index (χ0v) is 9.89. The summed E-state index contributed by atoms with van der Waals surface area (Å²) in [7, 11) is 0. The largest absolute Gasteiger partial charge is 0.508 e. The van der Waals surface area contributed by atoms with Crippen molar-refractivity contribution in [2.75, 3.05) is 6.54 Å². The van der Waals surface area contributed by atoms with Gasteiger partial charge in [-0.2, -0.15) is 13.2 Å². The third kappa shape index (κ3) is 4.91. The van der Waals surface area contributed by atoms with Crippen molar-refractivity contribution in [1.82, 2.24) is 5.32 Å². The van der Waals surface area contributed by atoms with Crippen molar-refractivity contribution in [3.63, 3.8) is 0 Å². The number of hydrogen-bond acceptors (Lipinski definition) is 2. The first-order chi connectivity index (χ1) is 8.29. The zero-order chi connectivity index (χ0) is 13.8. The van der Waals surface area contributed by atoms with Crippen molar-refractivity contribution >= 4 is 0 Å². The SMILES string of the molecule is CC(NCCCC(F)(F)F)c1ccc(O)cc1F. The van der Waals surface area contributed by atoms with E-state index in [4.69, 9.17) is 5.11 Å². The second kappa shape index (κ2) is 6.04. The first-order valence-corrected chi connectivity index (χ1v) is 5.58. The maximum atomic E-state index is 13.4. The van der Waals surface area contributed by atoms with Crippen molar-refractivity contribution in [2.24, 2.45) is 0 Å². The highest BCUT2D eigenvalue weighted by atomic mass is 19.4. The molecule has 0 spiro atoms. The van der Waals surface area contributed by atoms with Crippen LogP contribution in [-0.2, 0) is 0 Å². The number of halogens is 4. The van der Waals surface area contributed by atoms with Gasteiger partial charge in [-0.15, -0.1) is 0 Å². The number of benzene rings is 1. The van der Waals surface area contributed by atoms with Crippen molar-refractivity contribution in [2.45, 2.75) is 32.0 Å². The molecule has 1 rings (SSSR count). The topological polar surface area (TPSA) is 32.3 Å². The lowest BCUT2D eigenvalue weighted by atomic mass is 10.1. The number of aromatic hydroxyl groups is 1. The van der Waals surface area contributed by atoms with Gasteiger partial charge in [-0.1, -0.05) is 6.07 Å². The van der Waals surface area contributed by atoms with Crippen LogP contribution in [0.2, 0.25) is 0 Å². The van der Waals surface area contributed by atoms with E-state index in [-0.39, 0.29) is 18.7 Å². The average molecular weight is 265 g/mol. The quantitative estimate of drug-likeness (QED) is 0.630. The fraction of sp³-hybridized carbons (Fsp3) is 0.500. The predicted molar refractivity (Wildman–Crippen MR) is 59.8 cm³/mol. The molecule has 18 heavy (non-hydrogen) atoms. The van der Waals surface area contributed by atoms with Crippen molar-refractivity contribution in [1.29, 1.82) is 0 Å². The molecule has 102 valence electrons. The molecule has 0 aliphatic heterocycles. The van der Waals surface area contributed by atoms with Gasteiger partial charge in [-0.3, -0.25) is 0 Å². The normalized spacial score (nSPS) is 13.6. The third-order valence-electron chi connectivity index (χ3n) is 2.54. The van der Waals surface area contributed by atoms with E-state index < -0.39 is 24.5 Å². The Kier molecular flexibility index (Phi) is 4.95. The highest BCUT2D eigenvalue weighted by Gasteiger charge is 2.26. The fourth-order valence-corrected chi connectivity index (χ4v) is 1.58. The number of hydrogen-bond donors (Lipinski definition) is 2. The van der Waals surface area contributed by atoms with Gasteiger partial charge in [-0.25, -0.2) is 4.39 Å². The molecular weight excluding hydrogens is 250 g/mol. The van der Waals surface area contributed by atoms with Crippen LogP contribution in [0.3, 0.4) is 0 Å². The molecule has 0 aliphatic carbocycles. The lowest BCUT2D eigenvalue weighted by Gasteiger charge is -2.15. The minimum absolute atomic E-state index is 0.0481. The van der Waals surface area contributed by atoms with E-state index in [1.165, 1.54) is 12.1 Å². The van der Waals surface area contributed by atoms with Crippen LogP contribution in [0, 0.1) is 5.82 Å². The maximum Gasteiger partial charge on any atom is 0.389 e. The summed E-state index contributed by atoms with van der Waals surface area (Å²) in [6.07, 6.45) is -5.06. The summed E-state index contributed by atoms with van der Waals surface area (Å²) >= 11 is 0. The summed E-state index contributed by atoms with van der Waals surface area (Å²) in [5, 5.41) is 11.8. The van der Waals surface area contributed by atoms with Crippen LogP contribution in [0.25, 0.3) is 0 Å². The first-order valence-electron chi connectivity index (χ1n) is 5.58. The number of rotatable bonds is 5. The lowest BCUT2D eigenvalue weighted by molar-refractivity contribution is -0.135. The van der Waals surface area contributed by atoms with Gasteiger partial charge in [-0.05, 0) is 26.0 Å². The smallest absolute Gasteiger partial charge is 0.389 e. The second-order valence-corrected chi connectivity index (χ2v) is 4.10. The Labute approximate surface area is 103 Å². The molecule has 0 bridgehead atoms. The molecule has 0 saturated heterocycles. The van der Waals surface area contributed by atoms with Crippen molar-refractivity contribution < 1.29 is 22.7 Å². The van der Waals surface area contributed by atoms with E-state index in [2.05, 4.69) is 5.32 Å². The number of phenols is 1. The van der Waals surface area contributed by atoms with Crippen molar-refractivity contribution in [3.05, 3.63) is 29.6 Å². The van der Waals surface area contributed by atoms with E-state index in [9.17, 15) is 17.6 Å². The average Bonchev–Trinajstić information content (AvgIpc) is 2.22. The van der Waals surface area contributed by atoms with Crippen LogP contribution in [0.1, 0.15) is 31.4 Å². The summed E-state index contributed by atoms with van der Waals surface area (Å²) in [6.45, 7) is 1.81. The summed E-state index contributed by atoms with van der Waals surface area (Å²) in [5.74, 6) is -0.758. The Bertz CT molecular complexity index is 392. The predicted octanol–water partition coefficient (Wildman–Crippen LogP) is 3.52. The van der Waals surface area contributed by atoms with Crippen molar-refractivity contribution in [3.8, 4) is 5.75 Å².